The molecule has 9 heteroatoms. The van der Waals surface area contributed by atoms with Crippen molar-refractivity contribution in [3.8, 4) is 5.75 Å². The molecule has 0 unspecified atom stereocenters. The molecule has 0 saturated carbocycles. The number of anilines is 1. The fourth-order valence-corrected chi connectivity index (χ4v) is 2.85. The van der Waals surface area contributed by atoms with Crippen molar-refractivity contribution in [1.29, 1.82) is 0 Å². The smallest absolute Gasteiger partial charge is 0.406 e. The van der Waals surface area contributed by atoms with Crippen LogP contribution in [-0.2, 0) is 13.6 Å². The Morgan fingerprint density at radius 3 is 2.35 bits per heavy atom. The Labute approximate surface area is 148 Å². The van der Waals surface area contributed by atoms with Crippen LogP contribution in [0.15, 0.2) is 41.3 Å². The van der Waals surface area contributed by atoms with Crippen LogP contribution < -0.4 is 15.2 Å². The van der Waals surface area contributed by atoms with E-state index in [9.17, 15) is 18.0 Å². The van der Waals surface area contributed by atoms with Gasteiger partial charge in [0, 0.05) is 45.8 Å². The van der Waals surface area contributed by atoms with Crippen molar-refractivity contribution in [2.24, 2.45) is 7.05 Å². The second kappa shape index (κ2) is 7.36. The molecule has 140 valence electrons. The number of rotatable bonds is 4. The molecule has 2 aromatic rings. The highest BCUT2D eigenvalue weighted by Gasteiger charge is 2.31. The van der Waals surface area contributed by atoms with Crippen LogP contribution in [0.4, 0.5) is 18.9 Å². The molecule has 0 radical (unpaired) electrons. The quantitative estimate of drug-likeness (QED) is 0.826. The Hall–Kier alpha value is -2.55. The van der Waals surface area contributed by atoms with Crippen molar-refractivity contribution < 1.29 is 17.9 Å². The Balaban J connectivity index is 1.53. The average Bonchev–Trinajstić information content (AvgIpc) is 2.59. The number of hydrogen-bond donors (Lipinski definition) is 0. The maximum absolute atomic E-state index is 12.2. The zero-order chi connectivity index (χ0) is 18.7. The van der Waals surface area contributed by atoms with Gasteiger partial charge >= 0.3 is 6.36 Å². The zero-order valence-corrected chi connectivity index (χ0v) is 14.2. The van der Waals surface area contributed by atoms with Crippen LogP contribution in [0.3, 0.4) is 0 Å². The first kappa shape index (κ1) is 18.2. The summed E-state index contributed by atoms with van der Waals surface area (Å²) in [4.78, 5) is 16.0. The first-order chi connectivity index (χ1) is 12.3. The van der Waals surface area contributed by atoms with Gasteiger partial charge in [-0.25, -0.2) is 4.68 Å². The minimum Gasteiger partial charge on any atom is -0.406 e. The monoisotopic (exact) mass is 368 g/mol. The lowest BCUT2D eigenvalue weighted by Gasteiger charge is -2.35. The number of ether oxygens (including phenoxy) is 1. The zero-order valence-electron chi connectivity index (χ0n) is 14.2. The van der Waals surface area contributed by atoms with Gasteiger partial charge < -0.3 is 9.64 Å². The summed E-state index contributed by atoms with van der Waals surface area (Å²) >= 11 is 0. The van der Waals surface area contributed by atoms with E-state index in [1.165, 1.54) is 16.8 Å². The van der Waals surface area contributed by atoms with Gasteiger partial charge in [-0.3, -0.25) is 9.69 Å². The molecule has 0 amide bonds. The van der Waals surface area contributed by atoms with Crippen LogP contribution >= 0.6 is 0 Å². The Morgan fingerprint density at radius 1 is 1.12 bits per heavy atom. The number of hydrogen-bond acceptors (Lipinski definition) is 5. The molecule has 1 fully saturated rings. The first-order valence-corrected chi connectivity index (χ1v) is 8.15. The third-order valence-corrected chi connectivity index (χ3v) is 4.25. The molecule has 2 heterocycles. The normalized spacial score (nSPS) is 15.9. The molecule has 0 aliphatic carbocycles. The molecule has 1 aliphatic heterocycles. The molecule has 1 aliphatic rings. The Kier molecular flexibility index (Phi) is 5.17. The maximum Gasteiger partial charge on any atom is 0.573 e. The van der Waals surface area contributed by atoms with Crippen LogP contribution in [0.5, 0.6) is 5.75 Å². The van der Waals surface area contributed by atoms with Gasteiger partial charge in [0.15, 0.2) is 0 Å². The summed E-state index contributed by atoms with van der Waals surface area (Å²) in [5.74, 6) is -0.218. The number of benzene rings is 1. The Morgan fingerprint density at radius 2 is 1.77 bits per heavy atom. The lowest BCUT2D eigenvalue weighted by molar-refractivity contribution is -0.274. The van der Waals surface area contributed by atoms with Crippen LogP contribution in [0, 0.1) is 0 Å². The number of halogens is 3. The number of alkyl halides is 3. The van der Waals surface area contributed by atoms with E-state index in [1.807, 2.05) is 0 Å². The van der Waals surface area contributed by atoms with Crippen LogP contribution in [0.2, 0.25) is 0 Å². The van der Waals surface area contributed by atoms with Crippen molar-refractivity contribution in [3.63, 3.8) is 0 Å². The fourth-order valence-electron chi connectivity index (χ4n) is 2.85. The number of aryl methyl sites for hydroxylation is 1. The standard InChI is InChI=1S/C17H19F3N4O2/c1-22-16(25)10-14(11-21-22)24-8-6-23(7-9-24)12-13-2-4-15(5-3-13)26-17(18,19)20/h2-5,10-11H,6-9,12H2,1H3. The van der Waals surface area contributed by atoms with Gasteiger partial charge in [0.25, 0.3) is 5.56 Å². The summed E-state index contributed by atoms with van der Waals surface area (Å²) in [6.07, 6.45) is -3.00. The minimum atomic E-state index is -4.68. The third-order valence-electron chi connectivity index (χ3n) is 4.25. The van der Waals surface area contributed by atoms with Gasteiger partial charge in [-0.05, 0) is 17.7 Å². The van der Waals surface area contributed by atoms with E-state index < -0.39 is 6.36 Å². The maximum atomic E-state index is 12.2. The summed E-state index contributed by atoms with van der Waals surface area (Å²) in [5, 5.41) is 4.03. The van der Waals surface area contributed by atoms with E-state index in [-0.39, 0.29) is 11.3 Å². The SMILES string of the molecule is Cn1ncc(N2CCN(Cc3ccc(OC(F)(F)F)cc3)CC2)cc1=O. The number of nitrogens with zero attached hydrogens (tertiary/aromatic N) is 4. The largest absolute Gasteiger partial charge is 0.573 e. The summed E-state index contributed by atoms with van der Waals surface area (Å²) in [7, 11) is 1.61. The molecule has 1 aromatic carbocycles. The molecule has 3 rings (SSSR count). The summed E-state index contributed by atoms with van der Waals surface area (Å²) in [5.41, 5.74) is 1.58. The molecular formula is C17H19F3N4O2. The number of piperazine rings is 1. The van der Waals surface area contributed by atoms with Crippen LogP contribution in [0.25, 0.3) is 0 Å². The summed E-state index contributed by atoms with van der Waals surface area (Å²) < 4.78 is 41.7. The van der Waals surface area contributed by atoms with Gasteiger partial charge in [0.2, 0.25) is 0 Å². The highest BCUT2D eigenvalue weighted by Crippen LogP contribution is 2.23. The van der Waals surface area contributed by atoms with Crippen molar-refractivity contribution in [2.45, 2.75) is 12.9 Å². The average molecular weight is 368 g/mol. The molecule has 0 spiro atoms. The Bertz CT molecular complexity index is 797. The predicted molar refractivity (Wildman–Crippen MR) is 90.1 cm³/mol. The molecule has 6 nitrogen and oxygen atoms in total. The van der Waals surface area contributed by atoms with E-state index in [0.717, 1.165) is 37.4 Å². The van der Waals surface area contributed by atoms with Crippen molar-refractivity contribution in [3.05, 3.63) is 52.4 Å². The molecule has 1 aromatic heterocycles. The van der Waals surface area contributed by atoms with Gasteiger partial charge in [0.1, 0.15) is 5.75 Å². The second-order valence-corrected chi connectivity index (χ2v) is 6.13. The summed E-state index contributed by atoms with van der Waals surface area (Å²) in [6.45, 7) is 3.73. The van der Waals surface area contributed by atoms with E-state index >= 15 is 0 Å². The van der Waals surface area contributed by atoms with Crippen molar-refractivity contribution in [1.82, 2.24) is 14.7 Å². The third kappa shape index (κ3) is 4.75. The molecular weight excluding hydrogens is 349 g/mol. The molecule has 1 saturated heterocycles. The van der Waals surface area contributed by atoms with E-state index in [2.05, 4.69) is 19.6 Å². The minimum absolute atomic E-state index is 0.147. The van der Waals surface area contributed by atoms with Gasteiger partial charge in [-0.15, -0.1) is 13.2 Å². The van der Waals surface area contributed by atoms with E-state index in [4.69, 9.17) is 0 Å². The molecule has 0 N–H and O–H groups in total. The van der Waals surface area contributed by atoms with Crippen molar-refractivity contribution in [2.75, 3.05) is 31.1 Å². The lowest BCUT2D eigenvalue weighted by Crippen LogP contribution is -2.46. The topological polar surface area (TPSA) is 50.6 Å². The predicted octanol–water partition coefficient (Wildman–Crippen LogP) is 2.00. The highest BCUT2D eigenvalue weighted by molar-refractivity contribution is 5.43. The van der Waals surface area contributed by atoms with Gasteiger partial charge in [-0.1, -0.05) is 12.1 Å². The second-order valence-electron chi connectivity index (χ2n) is 6.13. The highest BCUT2D eigenvalue weighted by atomic mass is 19.4. The van der Waals surface area contributed by atoms with Crippen molar-refractivity contribution >= 4 is 5.69 Å². The van der Waals surface area contributed by atoms with Crippen LogP contribution in [0.1, 0.15) is 5.56 Å². The van der Waals surface area contributed by atoms with Gasteiger partial charge in [0.05, 0.1) is 11.9 Å². The first-order valence-electron chi connectivity index (χ1n) is 8.15. The number of aromatic nitrogens is 2. The molecule has 26 heavy (non-hydrogen) atoms. The fraction of sp³-hybridized carbons (Fsp3) is 0.412. The molecule has 0 bridgehead atoms. The van der Waals surface area contributed by atoms with Crippen LogP contribution in [-0.4, -0.2) is 47.2 Å². The lowest BCUT2D eigenvalue weighted by atomic mass is 10.2. The summed E-state index contributed by atoms with van der Waals surface area (Å²) in [6, 6.07) is 7.49. The molecule has 0 atom stereocenters. The van der Waals surface area contributed by atoms with Gasteiger partial charge in [-0.2, -0.15) is 5.10 Å². The van der Waals surface area contributed by atoms with E-state index in [0.29, 0.717) is 6.54 Å². The van der Waals surface area contributed by atoms with E-state index in [1.54, 1.807) is 31.4 Å².